The normalized spacial score (nSPS) is 10.5. The molecule has 0 unspecified atom stereocenters. The van der Waals surface area contributed by atoms with Crippen molar-refractivity contribution in [1.82, 2.24) is 5.32 Å². The Morgan fingerprint density at radius 3 is 2.62 bits per heavy atom. The van der Waals surface area contributed by atoms with Crippen molar-refractivity contribution < 1.29 is 0 Å². The van der Waals surface area contributed by atoms with E-state index in [0.717, 1.165) is 18.0 Å². The summed E-state index contributed by atoms with van der Waals surface area (Å²) in [6, 6.07) is 4.22. The summed E-state index contributed by atoms with van der Waals surface area (Å²) in [5, 5.41) is 4.02. The first-order valence-corrected chi connectivity index (χ1v) is 4.93. The lowest BCUT2D eigenvalue weighted by atomic mass is 10.0. The van der Waals surface area contributed by atoms with Gasteiger partial charge in [-0.05, 0) is 56.6 Å². The first-order chi connectivity index (χ1) is 6.15. The van der Waals surface area contributed by atoms with Crippen LogP contribution in [-0.2, 0) is 6.42 Å². The molecule has 1 rings (SSSR count). The van der Waals surface area contributed by atoms with Crippen LogP contribution < -0.4 is 5.32 Å². The van der Waals surface area contributed by atoms with Crippen molar-refractivity contribution in [2.45, 2.75) is 20.3 Å². The van der Waals surface area contributed by atoms with Crippen LogP contribution in [0.2, 0.25) is 5.02 Å². The van der Waals surface area contributed by atoms with Crippen molar-refractivity contribution in [3.63, 3.8) is 0 Å². The topological polar surface area (TPSA) is 12.0 Å². The SMILES string of the molecule is CNCCc1cc(C)cc(Cl)c1C. The van der Waals surface area contributed by atoms with Crippen LogP contribution in [0.1, 0.15) is 16.7 Å². The minimum absolute atomic E-state index is 0.881. The van der Waals surface area contributed by atoms with Crippen LogP contribution in [0.5, 0.6) is 0 Å². The third kappa shape index (κ3) is 2.71. The largest absolute Gasteiger partial charge is 0.319 e. The summed E-state index contributed by atoms with van der Waals surface area (Å²) in [5.41, 5.74) is 3.79. The predicted molar refractivity (Wildman–Crippen MR) is 58.6 cm³/mol. The number of aryl methyl sites for hydroxylation is 1. The molecule has 0 aromatic heterocycles. The maximum atomic E-state index is 6.08. The van der Waals surface area contributed by atoms with E-state index in [0.29, 0.717) is 0 Å². The molecule has 1 N–H and O–H groups in total. The molecule has 1 aromatic carbocycles. The zero-order valence-corrected chi connectivity index (χ0v) is 9.20. The molecule has 0 atom stereocenters. The average Bonchev–Trinajstić information content (AvgIpc) is 2.09. The maximum Gasteiger partial charge on any atom is 0.0440 e. The lowest BCUT2D eigenvalue weighted by Gasteiger charge is -2.08. The first-order valence-electron chi connectivity index (χ1n) is 4.55. The number of hydrogen-bond acceptors (Lipinski definition) is 1. The number of benzene rings is 1. The molecule has 0 heterocycles. The van der Waals surface area contributed by atoms with Gasteiger partial charge >= 0.3 is 0 Å². The molecule has 1 aromatic rings. The summed E-state index contributed by atoms with van der Waals surface area (Å²) < 4.78 is 0. The summed E-state index contributed by atoms with van der Waals surface area (Å²) in [5.74, 6) is 0. The number of nitrogens with one attached hydrogen (secondary N) is 1. The Balaban J connectivity index is 2.92. The molecule has 0 aliphatic carbocycles. The molecular weight excluding hydrogens is 182 g/mol. The van der Waals surface area contributed by atoms with Gasteiger partial charge in [0.2, 0.25) is 0 Å². The van der Waals surface area contributed by atoms with Crippen LogP contribution >= 0.6 is 11.6 Å². The summed E-state index contributed by atoms with van der Waals surface area (Å²) >= 11 is 6.08. The quantitative estimate of drug-likeness (QED) is 0.786. The Kier molecular flexibility index (Phi) is 3.76. The Morgan fingerprint density at radius 2 is 2.00 bits per heavy atom. The van der Waals surface area contributed by atoms with E-state index in [4.69, 9.17) is 11.6 Å². The Labute approximate surface area is 85.1 Å². The molecule has 0 fully saturated rings. The zero-order valence-electron chi connectivity index (χ0n) is 8.45. The van der Waals surface area contributed by atoms with Crippen molar-refractivity contribution in [2.24, 2.45) is 0 Å². The van der Waals surface area contributed by atoms with Crippen LogP contribution in [0.15, 0.2) is 12.1 Å². The fourth-order valence-corrected chi connectivity index (χ4v) is 1.70. The smallest absolute Gasteiger partial charge is 0.0440 e. The van der Waals surface area contributed by atoms with E-state index in [1.807, 2.05) is 13.1 Å². The van der Waals surface area contributed by atoms with Gasteiger partial charge in [-0.3, -0.25) is 0 Å². The number of hydrogen-bond donors (Lipinski definition) is 1. The van der Waals surface area contributed by atoms with Gasteiger partial charge in [-0.25, -0.2) is 0 Å². The second kappa shape index (κ2) is 4.64. The second-order valence-electron chi connectivity index (χ2n) is 3.38. The molecule has 0 saturated heterocycles. The van der Waals surface area contributed by atoms with E-state index in [1.165, 1.54) is 16.7 Å². The Bertz CT molecular complexity index is 294. The highest BCUT2D eigenvalue weighted by atomic mass is 35.5. The summed E-state index contributed by atoms with van der Waals surface area (Å²) in [6.07, 6.45) is 1.05. The van der Waals surface area contributed by atoms with Gasteiger partial charge in [0, 0.05) is 5.02 Å². The van der Waals surface area contributed by atoms with Crippen molar-refractivity contribution in [2.75, 3.05) is 13.6 Å². The molecule has 0 aliphatic heterocycles. The molecule has 0 saturated carbocycles. The van der Waals surface area contributed by atoms with Crippen molar-refractivity contribution in [3.8, 4) is 0 Å². The summed E-state index contributed by atoms with van der Waals surface area (Å²) in [4.78, 5) is 0. The van der Waals surface area contributed by atoms with Crippen LogP contribution in [0.25, 0.3) is 0 Å². The third-order valence-electron chi connectivity index (χ3n) is 2.24. The molecule has 0 amide bonds. The van der Waals surface area contributed by atoms with Crippen molar-refractivity contribution >= 4 is 11.6 Å². The molecule has 1 nitrogen and oxygen atoms in total. The summed E-state index contributed by atoms with van der Waals surface area (Å²) in [7, 11) is 1.97. The van der Waals surface area contributed by atoms with Crippen molar-refractivity contribution in [3.05, 3.63) is 33.8 Å². The molecule has 13 heavy (non-hydrogen) atoms. The predicted octanol–water partition coefficient (Wildman–Crippen LogP) is 2.72. The fourth-order valence-electron chi connectivity index (χ4n) is 1.41. The maximum absolute atomic E-state index is 6.08. The Hall–Kier alpha value is -0.530. The standard InChI is InChI=1S/C11H16ClN/c1-8-6-10(4-5-13-3)9(2)11(12)7-8/h6-7,13H,4-5H2,1-3H3. The fraction of sp³-hybridized carbons (Fsp3) is 0.455. The molecule has 2 heteroatoms. The van der Waals surface area contributed by atoms with E-state index in [9.17, 15) is 0 Å². The average molecular weight is 198 g/mol. The number of likely N-dealkylation sites (N-methyl/N-ethyl adjacent to an activating group) is 1. The van der Waals surface area contributed by atoms with E-state index < -0.39 is 0 Å². The van der Waals surface area contributed by atoms with E-state index in [2.05, 4.69) is 25.2 Å². The van der Waals surface area contributed by atoms with Gasteiger partial charge in [0.05, 0.1) is 0 Å². The molecule has 0 bridgehead atoms. The van der Waals surface area contributed by atoms with Gasteiger partial charge in [0.15, 0.2) is 0 Å². The lowest BCUT2D eigenvalue weighted by molar-refractivity contribution is 0.788. The number of halogens is 1. The van der Waals surface area contributed by atoms with Gasteiger partial charge in [-0.2, -0.15) is 0 Å². The minimum Gasteiger partial charge on any atom is -0.319 e. The molecule has 72 valence electrons. The van der Waals surface area contributed by atoms with E-state index in [1.54, 1.807) is 0 Å². The lowest BCUT2D eigenvalue weighted by Crippen LogP contribution is -2.11. The van der Waals surface area contributed by atoms with Crippen LogP contribution in [0.3, 0.4) is 0 Å². The minimum atomic E-state index is 0.881. The third-order valence-corrected chi connectivity index (χ3v) is 2.63. The molecule has 0 spiro atoms. The van der Waals surface area contributed by atoms with Crippen LogP contribution in [0, 0.1) is 13.8 Å². The number of rotatable bonds is 3. The highest BCUT2D eigenvalue weighted by Gasteiger charge is 2.02. The Morgan fingerprint density at radius 1 is 1.31 bits per heavy atom. The molecule has 0 aliphatic rings. The molecule has 0 radical (unpaired) electrons. The van der Waals surface area contributed by atoms with E-state index in [-0.39, 0.29) is 0 Å². The monoisotopic (exact) mass is 197 g/mol. The molecular formula is C11H16ClN. The first kappa shape index (κ1) is 10.6. The zero-order chi connectivity index (χ0) is 9.84. The van der Waals surface area contributed by atoms with E-state index >= 15 is 0 Å². The van der Waals surface area contributed by atoms with Gasteiger partial charge in [0.1, 0.15) is 0 Å². The summed E-state index contributed by atoms with van der Waals surface area (Å²) in [6.45, 7) is 5.15. The second-order valence-corrected chi connectivity index (χ2v) is 3.79. The van der Waals surface area contributed by atoms with Gasteiger partial charge in [-0.15, -0.1) is 0 Å². The highest BCUT2D eigenvalue weighted by Crippen LogP contribution is 2.21. The van der Waals surface area contributed by atoms with Crippen molar-refractivity contribution in [1.29, 1.82) is 0 Å². The van der Waals surface area contributed by atoms with Gasteiger partial charge < -0.3 is 5.32 Å². The van der Waals surface area contributed by atoms with Crippen LogP contribution in [0.4, 0.5) is 0 Å². The van der Waals surface area contributed by atoms with Gasteiger partial charge in [-0.1, -0.05) is 17.7 Å². The highest BCUT2D eigenvalue weighted by molar-refractivity contribution is 6.31. The van der Waals surface area contributed by atoms with Gasteiger partial charge in [0.25, 0.3) is 0 Å². The van der Waals surface area contributed by atoms with Crippen LogP contribution in [-0.4, -0.2) is 13.6 Å².